The van der Waals surface area contributed by atoms with E-state index in [0.717, 1.165) is 28.9 Å². The van der Waals surface area contributed by atoms with E-state index in [1.165, 1.54) is 0 Å². The molecule has 1 aromatic carbocycles. The van der Waals surface area contributed by atoms with Crippen LogP contribution in [0.25, 0.3) is 10.9 Å². The van der Waals surface area contributed by atoms with E-state index in [1.54, 1.807) is 0 Å². The zero-order chi connectivity index (χ0) is 13.8. The van der Waals surface area contributed by atoms with Crippen molar-refractivity contribution >= 4 is 40.1 Å². The second-order valence-electron chi connectivity index (χ2n) is 4.46. The lowest BCUT2D eigenvalue weighted by molar-refractivity contribution is 0.667. The molecule has 3 nitrogen and oxygen atoms in total. The van der Waals surface area contributed by atoms with Crippen LogP contribution in [0.4, 0.5) is 5.82 Å². The quantitative estimate of drug-likeness (QED) is 0.783. The number of rotatable bonds is 5. The molecule has 0 bridgehead atoms. The van der Waals surface area contributed by atoms with E-state index in [1.807, 2.05) is 36.0 Å². The first kappa shape index (κ1) is 14.4. The molecule has 0 spiro atoms. The Morgan fingerprint density at radius 3 is 2.74 bits per heavy atom. The number of benzene rings is 1. The van der Waals surface area contributed by atoms with E-state index in [9.17, 15) is 0 Å². The minimum absolute atomic E-state index is 0.305. The third-order valence-corrected chi connectivity index (χ3v) is 4.16. The van der Waals surface area contributed by atoms with Gasteiger partial charge in [0.15, 0.2) is 0 Å². The van der Waals surface area contributed by atoms with Gasteiger partial charge in [-0.25, -0.2) is 4.98 Å². The van der Waals surface area contributed by atoms with Gasteiger partial charge in [0.05, 0.1) is 5.52 Å². The average molecular weight is 296 g/mol. The zero-order valence-corrected chi connectivity index (χ0v) is 13.0. The first-order valence-electron chi connectivity index (χ1n) is 6.31. The average Bonchev–Trinajstić information content (AvgIpc) is 2.43. The third-order valence-electron chi connectivity index (χ3n) is 3.27. The van der Waals surface area contributed by atoms with Crippen LogP contribution >= 0.6 is 23.4 Å². The van der Waals surface area contributed by atoms with Crippen LogP contribution in [0.2, 0.25) is 5.28 Å². The number of para-hydroxylation sites is 1. The van der Waals surface area contributed by atoms with Crippen LogP contribution in [-0.2, 0) is 0 Å². The number of halogens is 1. The van der Waals surface area contributed by atoms with Gasteiger partial charge in [-0.3, -0.25) is 0 Å². The fraction of sp³-hybridized carbons (Fsp3) is 0.429. The summed E-state index contributed by atoms with van der Waals surface area (Å²) in [4.78, 5) is 10.9. The van der Waals surface area contributed by atoms with Gasteiger partial charge in [0.2, 0.25) is 5.28 Å². The summed E-state index contributed by atoms with van der Waals surface area (Å²) in [5.41, 5.74) is 0.892. The molecule has 0 saturated heterocycles. The smallest absolute Gasteiger partial charge is 0.224 e. The molecule has 1 aromatic heterocycles. The number of thioether (sulfide) groups is 1. The molecule has 2 aromatic rings. The molecular weight excluding hydrogens is 278 g/mol. The molecule has 102 valence electrons. The number of anilines is 1. The summed E-state index contributed by atoms with van der Waals surface area (Å²) in [6.45, 7) is 2.20. The second kappa shape index (κ2) is 6.44. The molecule has 2 rings (SSSR count). The van der Waals surface area contributed by atoms with Crippen molar-refractivity contribution in [2.75, 3.05) is 24.0 Å². The largest absolute Gasteiger partial charge is 0.355 e. The molecule has 5 heteroatoms. The lowest BCUT2D eigenvalue weighted by Gasteiger charge is -2.28. The van der Waals surface area contributed by atoms with Crippen molar-refractivity contribution in [3.63, 3.8) is 0 Å². The topological polar surface area (TPSA) is 29.0 Å². The van der Waals surface area contributed by atoms with Gasteiger partial charge in [0.1, 0.15) is 5.82 Å². The highest BCUT2D eigenvalue weighted by molar-refractivity contribution is 7.98. The monoisotopic (exact) mass is 295 g/mol. The summed E-state index contributed by atoms with van der Waals surface area (Å²) < 4.78 is 0. The maximum atomic E-state index is 6.04. The summed E-state index contributed by atoms with van der Waals surface area (Å²) in [7, 11) is 2.08. The highest BCUT2D eigenvalue weighted by Crippen LogP contribution is 2.26. The molecule has 19 heavy (non-hydrogen) atoms. The maximum absolute atomic E-state index is 6.04. The van der Waals surface area contributed by atoms with E-state index in [-0.39, 0.29) is 0 Å². The SMILES string of the molecule is CCC(CSC)N(C)c1nc(Cl)nc2ccccc12. The Labute approximate surface area is 123 Å². The number of hydrogen-bond acceptors (Lipinski definition) is 4. The van der Waals surface area contributed by atoms with Crippen molar-refractivity contribution in [2.24, 2.45) is 0 Å². The molecule has 0 saturated carbocycles. The Balaban J connectivity index is 2.48. The molecule has 0 amide bonds. The van der Waals surface area contributed by atoms with E-state index in [4.69, 9.17) is 11.6 Å². The van der Waals surface area contributed by atoms with Gasteiger partial charge in [-0.15, -0.1) is 0 Å². The summed E-state index contributed by atoms with van der Waals surface area (Å²) in [5, 5.41) is 1.36. The number of fused-ring (bicyclic) bond motifs is 1. The van der Waals surface area contributed by atoms with E-state index >= 15 is 0 Å². The van der Waals surface area contributed by atoms with Crippen LogP contribution in [-0.4, -0.2) is 35.1 Å². The fourth-order valence-electron chi connectivity index (χ4n) is 2.17. The molecule has 0 aliphatic heterocycles. The maximum Gasteiger partial charge on any atom is 0.224 e. The van der Waals surface area contributed by atoms with E-state index in [2.05, 4.69) is 35.1 Å². The van der Waals surface area contributed by atoms with Crippen molar-refractivity contribution in [1.29, 1.82) is 0 Å². The lowest BCUT2D eigenvalue weighted by atomic mass is 10.2. The molecular formula is C14H18ClN3S. The number of hydrogen-bond donors (Lipinski definition) is 0. The lowest BCUT2D eigenvalue weighted by Crippen LogP contribution is -2.34. The van der Waals surface area contributed by atoms with Gasteiger partial charge < -0.3 is 4.90 Å². The number of nitrogens with zero attached hydrogens (tertiary/aromatic N) is 3. The molecule has 0 radical (unpaired) electrons. The summed E-state index contributed by atoms with van der Waals surface area (Å²) >= 11 is 7.89. The highest BCUT2D eigenvalue weighted by atomic mass is 35.5. The van der Waals surface area contributed by atoms with Gasteiger partial charge in [0, 0.05) is 24.2 Å². The van der Waals surface area contributed by atoms with Crippen LogP contribution in [0.3, 0.4) is 0 Å². The van der Waals surface area contributed by atoms with Gasteiger partial charge in [-0.1, -0.05) is 19.1 Å². The predicted octanol–water partition coefficient (Wildman–Crippen LogP) is 3.86. The van der Waals surface area contributed by atoms with E-state index < -0.39 is 0 Å². The van der Waals surface area contributed by atoms with Gasteiger partial charge in [0.25, 0.3) is 0 Å². The third kappa shape index (κ3) is 3.12. The Bertz CT molecular complexity index is 561. The molecule has 1 heterocycles. The van der Waals surface area contributed by atoms with Crippen molar-refractivity contribution in [3.05, 3.63) is 29.5 Å². The molecule has 0 N–H and O–H groups in total. The summed E-state index contributed by atoms with van der Waals surface area (Å²) in [5.74, 6) is 1.99. The van der Waals surface area contributed by atoms with Crippen LogP contribution in [0.5, 0.6) is 0 Å². The fourth-order valence-corrected chi connectivity index (χ4v) is 3.19. The second-order valence-corrected chi connectivity index (χ2v) is 5.71. The minimum atomic E-state index is 0.305. The Kier molecular flexibility index (Phi) is 4.88. The Hall–Kier alpha value is -1.00. The first-order valence-corrected chi connectivity index (χ1v) is 8.08. The van der Waals surface area contributed by atoms with Gasteiger partial charge in [-0.05, 0) is 36.4 Å². The van der Waals surface area contributed by atoms with Crippen LogP contribution in [0, 0.1) is 0 Å². The normalized spacial score (nSPS) is 12.6. The van der Waals surface area contributed by atoms with Crippen molar-refractivity contribution < 1.29 is 0 Å². The first-order chi connectivity index (χ1) is 9.17. The standard InChI is InChI=1S/C14H18ClN3S/c1-4-10(9-19-3)18(2)13-11-7-5-6-8-12(11)16-14(15)17-13/h5-8,10H,4,9H2,1-3H3. The Morgan fingerprint density at radius 2 is 2.05 bits per heavy atom. The Morgan fingerprint density at radius 1 is 1.32 bits per heavy atom. The molecule has 0 aliphatic rings. The summed E-state index contributed by atoms with van der Waals surface area (Å²) in [6.07, 6.45) is 3.20. The van der Waals surface area contributed by atoms with E-state index in [0.29, 0.717) is 11.3 Å². The molecule has 0 aliphatic carbocycles. The molecule has 1 atom stereocenters. The zero-order valence-electron chi connectivity index (χ0n) is 11.4. The number of aromatic nitrogens is 2. The van der Waals surface area contributed by atoms with Crippen LogP contribution < -0.4 is 4.90 Å². The van der Waals surface area contributed by atoms with Gasteiger partial charge >= 0.3 is 0 Å². The molecule has 1 unspecified atom stereocenters. The van der Waals surface area contributed by atoms with Gasteiger partial charge in [-0.2, -0.15) is 16.7 Å². The summed E-state index contributed by atoms with van der Waals surface area (Å²) in [6, 6.07) is 8.43. The van der Waals surface area contributed by atoms with Crippen molar-refractivity contribution in [3.8, 4) is 0 Å². The predicted molar refractivity (Wildman–Crippen MR) is 85.4 cm³/mol. The van der Waals surface area contributed by atoms with Crippen LogP contribution in [0.15, 0.2) is 24.3 Å². The molecule has 0 fully saturated rings. The highest BCUT2D eigenvalue weighted by Gasteiger charge is 2.17. The van der Waals surface area contributed by atoms with Crippen molar-refractivity contribution in [2.45, 2.75) is 19.4 Å². The van der Waals surface area contributed by atoms with Crippen LogP contribution in [0.1, 0.15) is 13.3 Å². The minimum Gasteiger partial charge on any atom is -0.355 e. The van der Waals surface area contributed by atoms with Crippen molar-refractivity contribution in [1.82, 2.24) is 9.97 Å².